The highest BCUT2D eigenvalue weighted by atomic mass is 35.5. The van der Waals surface area contributed by atoms with Crippen molar-refractivity contribution >= 4 is 12.4 Å². The van der Waals surface area contributed by atoms with E-state index in [0.717, 1.165) is 18.9 Å². The fraction of sp³-hybridized carbons (Fsp3) is 0.455. The van der Waals surface area contributed by atoms with Gasteiger partial charge in [0.15, 0.2) is 0 Å². The minimum Gasteiger partial charge on any atom is -0.491 e. The van der Waals surface area contributed by atoms with Crippen LogP contribution in [0.5, 0.6) is 5.75 Å². The summed E-state index contributed by atoms with van der Waals surface area (Å²) in [6, 6.07) is 5.17. The summed E-state index contributed by atoms with van der Waals surface area (Å²) in [7, 11) is 0. The van der Waals surface area contributed by atoms with Crippen molar-refractivity contribution in [2.45, 2.75) is 24.6 Å². The van der Waals surface area contributed by atoms with E-state index < -0.39 is 17.3 Å². The Bertz CT molecular complexity index is 391. The zero-order valence-electron chi connectivity index (χ0n) is 8.96. The van der Waals surface area contributed by atoms with Crippen LogP contribution in [0.15, 0.2) is 24.3 Å². The van der Waals surface area contributed by atoms with Crippen LogP contribution in [-0.4, -0.2) is 12.1 Å². The minimum atomic E-state index is -4.39. The van der Waals surface area contributed by atoms with Crippen molar-refractivity contribution in [3.63, 3.8) is 0 Å². The Morgan fingerprint density at radius 3 is 2.35 bits per heavy atom. The standard InChI is InChI=1S/C11H12F3NO.ClH/c12-11(13,14)8-3-1-2-4-9(8)16-7-10(15)5-6-10;/h1-4H,5-7,15H2;1H. The van der Waals surface area contributed by atoms with Gasteiger partial charge in [-0.1, -0.05) is 12.1 Å². The maximum Gasteiger partial charge on any atom is 0.419 e. The first-order valence-corrected chi connectivity index (χ1v) is 4.99. The third-order valence-corrected chi connectivity index (χ3v) is 2.60. The second kappa shape index (κ2) is 4.74. The zero-order valence-corrected chi connectivity index (χ0v) is 9.77. The first kappa shape index (κ1) is 14.1. The molecular weight excluding hydrogens is 255 g/mol. The van der Waals surface area contributed by atoms with Gasteiger partial charge in [0.05, 0.1) is 11.1 Å². The second-order valence-electron chi connectivity index (χ2n) is 4.14. The monoisotopic (exact) mass is 267 g/mol. The summed E-state index contributed by atoms with van der Waals surface area (Å²) in [4.78, 5) is 0. The fourth-order valence-electron chi connectivity index (χ4n) is 1.35. The predicted octanol–water partition coefficient (Wildman–Crippen LogP) is 3.00. The highest BCUT2D eigenvalue weighted by Gasteiger charge is 2.40. The van der Waals surface area contributed by atoms with Crippen molar-refractivity contribution in [2.24, 2.45) is 5.73 Å². The average molecular weight is 268 g/mol. The van der Waals surface area contributed by atoms with Crippen LogP contribution in [-0.2, 0) is 6.18 Å². The molecule has 0 amide bonds. The van der Waals surface area contributed by atoms with E-state index in [0.29, 0.717) is 0 Å². The van der Waals surface area contributed by atoms with Gasteiger partial charge in [-0.2, -0.15) is 13.2 Å². The maximum atomic E-state index is 12.6. The van der Waals surface area contributed by atoms with Crippen LogP contribution in [0.25, 0.3) is 0 Å². The van der Waals surface area contributed by atoms with E-state index in [-0.39, 0.29) is 24.8 Å². The minimum absolute atomic E-state index is 0. The lowest BCUT2D eigenvalue weighted by Crippen LogP contribution is -2.30. The van der Waals surface area contributed by atoms with E-state index in [1.54, 1.807) is 0 Å². The molecule has 0 spiro atoms. The van der Waals surface area contributed by atoms with Gasteiger partial charge in [0.2, 0.25) is 0 Å². The van der Waals surface area contributed by atoms with Gasteiger partial charge in [-0.3, -0.25) is 0 Å². The Morgan fingerprint density at radius 1 is 1.24 bits per heavy atom. The van der Waals surface area contributed by atoms with Gasteiger partial charge >= 0.3 is 6.18 Å². The van der Waals surface area contributed by atoms with Crippen LogP contribution >= 0.6 is 12.4 Å². The summed E-state index contributed by atoms with van der Waals surface area (Å²) in [6.45, 7) is 0.139. The van der Waals surface area contributed by atoms with Crippen molar-refractivity contribution < 1.29 is 17.9 Å². The van der Waals surface area contributed by atoms with Gasteiger partial charge in [-0.05, 0) is 25.0 Å². The molecule has 1 aliphatic carbocycles. The summed E-state index contributed by atoms with van der Waals surface area (Å²) in [6.07, 6.45) is -2.77. The summed E-state index contributed by atoms with van der Waals surface area (Å²) < 4.78 is 42.9. The number of rotatable bonds is 3. The normalized spacial score (nSPS) is 17.2. The Hall–Kier alpha value is -0.940. The Balaban J connectivity index is 0.00000144. The largest absolute Gasteiger partial charge is 0.491 e. The molecule has 0 aromatic heterocycles. The second-order valence-corrected chi connectivity index (χ2v) is 4.14. The summed E-state index contributed by atoms with van der Waals surface area (Å²) in [5.74, 6) is -0.147. The molecule has 1 aromatic rings. The number of para-hydroxylation sites is 1. The Kier molecular flexibility index (Phi) is 3.94. The highest BCUT2D eigenvalue weighted by molar-refractivity contribution is 5.85. The number of hydrogen-bond donors (Lipinski definition) is 1. The first-order chi connectivity index (χ1) is 7.41. The van der Waals surface area contributed by atoms with Gasteiger partial charge in [-0.25, -0.2) is 0 Å². The molecule has 2 N–H and O–H groups in total. The molecule has 0 unspecified atom stereocenters. The van der Waals surface area contributed by atoms with Crippen molar-refractivity contribution in [3.8, 4) is 5.75 Å². The topological polar surface area (TPSA) is 35.2 Å². The van der Waals surface area contributed by atoms with Crippen LogP contribution in [0.4, 0.5) is 13.2 Å². The molecule has 2 rings (SSSR count). The number of nitrogens with two attached hydrogens (primary N) is 1. The molecule has 17 heavy (non-hydrogen) atoms. The lowest BCUT2D eigenvalue weighted by atomic mass is 10.2. The molecule has 0 atom stereocenters. The van der Waals surface area contributed by atoms with Gasteiger partial charge in [0, 0.05) is 0 Å². The molecule has 0 aliphatic heterocycles. The lowest BCUT2D eigenvalue weighted by Gasteiger charge is -2.15. The van der Waals surface area contributed by atoms with Gasteiger partial charge in [0.1, 0.15) is 12.4 Å². The van der Waals surface area contributed by atoms with Crippen molar-refractivity contribution in [2.75, 3.05) is 6.61 Å². The molecular formula is C11H13ClF3NO. The smallest absolute Gasteiger partial charge is 0.419 e. The summed E-state index contributed by atoms with van der Waals surface area (Å²) in [5, 5.41) is 0. The number of alkyl halides is 3. The summed E-state index contributed by atoms with van der Waals surface area (Å²) in [5.41, 5.74) is 4.58. The number of hydrogen-bond acceptors (Lipinski definition) is 2. The molecule has 1 saturated carbocycles. The Morgan fingerprint density at radius 2 is 1.82 bits per heavy atom. The Labute approximate surface area is 103 Å². The maximum absolute atomic E-state index is 12.6. The average Bonchev–Trinajstić information content (AvgIpc) is 2.94. The van der Waals surface area contributed by atoms with Crippen LogP contribution < -0.4 is 10.5 Å². The van der Waals surface area contributed by atoms with E-state index in [9.17, 15) is 13.2 Å². The van der Waals surface area contributed by atoms with Crippen molar-refractivity contribution in [3.05, 3.63) is 29.8 Å². The molecule has 6 heteroatoms. The highest BCUT2D eigenvalue weighted by Crippen LogP contribution is 2.38. The number of ether oxygens (including phenoxy) is 1. The van der Waals surface area contributed by atoms with E-state index in [4.69, 9.17) is 10.5 Å². The third kappa shape index (κ3) is 3.51. The van der Waals surface area contributed by atoms with Gasteiger partial charge < -0.3 is 10.5 Å². The van der Waals surface area contributed by atoms with E-state index >= 15 is 0 Å². The molecule has 1 aliphatic rings. The first-order valence-electron chi connectivity index (χ1n) is 4.99. The molecule has 1 fully saturated rings. The van der Waals surface area contributed by atoms with E-state index in [1.165, 1.54) is 18.2 Å². The number of halogens is 4. The predicted molar refractivity (Wildman–Crippen MR) is 60.3 cm³/mol. The molecule has 1 aromatic carbocycles. The molecule has 0 radical (unpaired) electrons. The van der Waals surface area contributed by atoms with Crippen LogP contribution in [0, 0.1) is 0 Å². The molecule has 0 saturated heterocycles. The molecule has 96 valence electrons. The van der Waals surface area contributed by atoms with E-state index in [1.807, 2.05) is 0 Å². The van der Waals surface area contributed by atoms with Crippen LogP contribution in [0.3, 0.4) is 0 Å². The molecule has 0 bridgehead atoms. The molecule has 2 nitrogen and oxygen atoms in total. The van der Waals surface area contributed by atoms with Crippen molar-refractivity contribution in [1.82, 2.24) is 0 Å². The van der Waals surface area contributed by atoms with Crippen LogP contribution in [0.1, 0.15) is 18.4 Å². The van der Waals surface area contributed by atoms with E-state index in [2.05, 4.69) is 0 Å². The summed E-state index contributed by atoms with van der Waals surface area (Å²) >= 11 is 0. The number of benzene rings is 1. The van der Waals surface area contributed by atoms with Gasteiger partial charge in [-0.15, -0.1) is 12.4 Å². The fourth-order valence-corrected chi connectivity index (χ4v) is 1.35. The van der Waals surface area contributed by atoms with Crippen LogP contribution in [0.2, 0.25) is 0 Å². The quantitative estimate of drug-likeness (QED) is 0.914. The SMILES string of the molecule is Cl.NC1(COc2ccccc2C(F)(F)F)CC1. The van der Waals surface area contributed by atoms with Crippen molar-refractivity contribution in [1.29, 1.82) is 0 Å². The zero-order chi connectivity index (χ0) is 11.8. The van der Waals surface area contributed by atoms with Gasteiger partial charge in [0.25, 0.3) is 0 Å². The lowest BCUT2D eigenvalue weighted by molar-refractivity contribution is -0.139. The third-order valence-electron chi connectivity index (χ3n) is 2.60. The molecule has 0 heterocycles.